The predicted octanol–water partition coefficient (Wildman–Crippen LogP) is 5.77. The SMILES string of the molecule is CNS(=O)(=N[C@@H]1CCC[C@H](N2c3ccccc3Oc3ccccc32)[C@H]1O)c1ccc(OC(F)(F)F)cc1. The van der Waals surface area contributed by atoms with Crippen LogP contribution >= 0.6 is 0 Å². The molecule has 4 atom stereocenters. The molecule has 1 aliphatic carbocycles. The molecule has 0 spiro atoms. The predicted molar refractivity (Wildman–Crippen MR) is 134 cm³/mol. The number of rotatable bonds is 5. The molecule has 3 aromatic carbocycles. The van der Waals surface area contributed by atoms with Crippen LogP contribution in [0.2, 0.25) is 0 Å². The van der Waals surface area contributed by atoms with E-state index >= 15 is 0 Å². The van der Waals surface area contributed by atoms with Gasteiger partial charge in [-0.3, -0.25) is 0 Å². The van der Waals surface area contributed by atoms with Gasteiger partial charge in [0, 0.05) is 0 Å². The van der Waals surface area contributed by atoms with E-state index in [1.165, 1.54) is 19.2 Å². The second kappa shape index (κ2) is 9.88. The molecule has 196 valence electrons. The minimum Gasteiger partial charge on any atom is -0.453 e. The van der Waals surface area contributed by atoms with E-state index in [4.69, 9.17) is 4.74 Å². The van der Waals surface area contributed by atoms with Crippen molar-refractivity contribution in [3.8, 4) is 17.2 Å². The Labute approximate surface area is 213 Å². The molecular formula is C26H26F3N3O4S. The topological polar surface area (TPSA) is 83.4 Å². The molecule has 2 aliphatic rings. The third kappa shape index (κ3) is 5.11. The Morgan fingerprint density at radius 2 is 1.59 bits per heavy atom. The number of ether oxygens (including phenoxy) is 2. The van der Waals surface area contributed by atoms with Gasteiger partial charge in [-0.25, -0.2) is 13.3 Å². The Bertz CT molecular complexity index is 1340. The van der Waals surface area contributed by atoms with E-state index in [2.05, 4.69) is 18.7 Å². The van der Waals surface area contributed by atoms with Crippen LogP contribution in [-0.2, 0) is 9.92 Å². The molecule has 37 heavy (non-hydrogen) atoms. The molecule has 1 heterocycles. The standard InChI is InChI=1S/C26H26F3N3O4S/c1-30-37(34,18-15-13-17(14-16-18)36-26(27,28)29)31-19-7-6-10-22(25(19)33)32-20-8-2-4-11-23(20)35-24-12-5-3-9-21(24)32/h2-5,8-9,11-16,19,22,25,33H,6-7,10H2,1H3,(H,30,31,34)/t19-,22+,25+,37?/m1/s1. The Morgan fingerprint density at radius 3 is 2.16 bits per heavy atom. The van der Waals surface area contributed by atoms with E-state index in [9.17, 15) is 22.5 Å². The van der Waals surface area contributed by atoms with Crippen LogP contribution in [0.4, 0.5) is 24.5 Å². The Kier molecular flexibility index (Phi) is 6.78. The molecule has 3 aromatic rings. The lowest BCUT2D eigenvalue weighted by atomic mass is 9.86. The molecule has 0 amide bonds. The van der Waals surface area contributed by atoms with Crippen LogP contribution in [0, 0.1) is 0 Å². The molecule has 11 heteroatoms. The fourth-order valence-corrected chi connectivity index (χ4v) is 6.45. The van der Waals surface area contributed by atoms with Crippen LogP contribution in [0.15, 0.2) is 82.1 Å². The summed E-state index contributed by atoms with van der Waals surface area (Å²) in [5.41, 5.74) is 1.64. The quantitative estimate of drug-likeness (QED) is 0.435. The summed E-state index contributed by atoms with van der Waals surface area (Å²) in [6, 6.07) is 18.9. The summed E-state index contributed by atoms with van der Waals surface area (Å²) in [7, 11) is -1.77. The molecule has 1 aliphatic heterocycles. The van der Waals surface area contributed by atoms with E-state index in [0.29, 0.717) is 24.3 Å². The maximum atomic E-state index is 13.8. The third-order valence-electron chi connectivity index (χ3n) is 6.53. The molecule has 1 unspecified atom stereocenters. The zero-order valence-corrected chi connectivity index (χ0v) is 20.7. The zero-order valence-electron chi connectivity index (χ0n) is 19.9. The highest BCUT2D eigenvalue weighted by Crippen LogP contribution is 2.49. The number of aliphatic hydroxyl groups is 1. The van der Waals surface area contributed by atoms with Crippen molar-refractivity contribution in [1.29, 1.82) is 0 Å². The Hall–Kier alpha value is -3.28. The highest BCUT2D eigenvalue weighted by atomic mass is 32.2. The smallest absolute Gasteiger partial charge is 0.453 e. The molecule has 5 rings (SSSR count). The van der Waals surface area contributed by atoms with Gasteiger partial charge in [0.1, 0.15) is 15.7 Å². The summed E-state index contributed by atoms with van der Waals surface area (Å²) < 4.78 is 68.6. The number of nitrogens with zero attached hydrogens (tertiary/aromatic N) is 2. The largest absolute Gasteiger partial charge is 0.573 e. The van der Waals surface area contributed by atoms with E-state index in [1.54, 1.807) is 0 Å². The first-order valence-electron chi connectivity index (χ1n) is 11.8. The maximum absolute atomic E-state index is 13.8. The van der Waals surface area contributed by atoms with Gasteiger partial charge in [0.25, 0.3) is 0 Å². The number of hydrogen-bond donors (Lipinski definition) is 2. The number of nitrogens with one attached hydrogen (secondary N) is 1. The molecule has 0 aromatic heterocycles. The van der Waals surface area contributed by atoms with E-state index in [0.717, 1.165) is 29.9 Å². The number of para-hydroxylation sites is 4. The lowest BCUT2D eigenvalue weighted by molar-refractivity contribution is -0.274. The first-order chi connectivity index (χ1) is 17.7. The maximum Gasteiger partial charge on any atom is 0.573 e. The number of hydrogen-bond acceptors (Lipinski definition) is 6. The molecule has 0 saturated heterocycles. The average Bonchev–Trinajstić information content (AvgIpc) is 2.88. The van der Waals surface area contributed by atoms with E-state index in [1.807, 2.05) is 48.5 Å². The number of alkyl halides is 3. The van der Waals surface area contributed by atoms with Gasteiger partial charge in [0.05, 0.1) is 34.5 Å². The average molecular weight is 534 g/mol. The van der Waals surface area contributed by atoms with Crippen LogP contribution in [0.25, 0.3) is 0 Å². The van der Waals surface area contributed by atoms with Gasteiger partial charge < -0.3 is 19.5 Å². The number of aliphatic hydroxyl groups excluding tert-OH is 1. The molecule has 0 radical (unpaired) electrons. The number of benzene rings is 3. The summed E-state index contributed by atoms with van der Waals surface area (Å²) in [5, 5.41) is 11.5. The minimum absolute atomic E-state index is 0.195. The summed E-state index contributed by atoms with van der Waals surface area (Å²) in [5.74, 6) is 0.928. The van der Waals surface area contributed by atoms with Crippen LogP contribution in [-0.4, -0.2) is 40.9 Å². The first kappa shape index (κ1) is 25.4. The van der Waals surface area contributed by atoms with Gasteiger partial charge in [-0.15, -0.1) is 13.2 Å². The number of fused-ring (bicyclic) bond motifs is 2. The Balaban J connectivity index is 1.47. The van der Waals surface area contributed by atoms with Crippen LogP contribution in [0.3, 0.4) is 0 Å². The monoisotopic (exact) mass is 533 g/mol. The summed E-state index contributed by atoms with van der Waals surface area (Å²) in [4.78, 5) is 2.26. The molecule has 0 bridgehead atoms. The summed E-state index contributed by atoms with van der Waals surface area (Å²) >= 11 is 0. The fraction of sp³-hybridized carbons (Fsp3) is 0.308. The van der Waals surface area contributed by atoms with Gasteiger partial charge in [-0.05, 0) is 74.8 Å². The molecule has 1 saturated carbocycles. The van der Waals surface area contributed by atoms with Crippen molar-refractivity contribution in [2.75, 3.05) is 11.9 Å². The lowest BCUT2D eigenvalue weighted by Gasteiger charge is -2.44. The van der Waals surface area contributed by atoms with Crippen LogP contribution < -0.4 is 19.1 Å². The van der Waals surface area contributed by atoms with Crippen molar-refractivity contribution in [2.45, 2.75) is 48.7 Å². The second-order valence-corrected chi connectivity index (χ2v) is 11.0. The summed E-state index contributed by atoms with van der Waals surface area (Å²) in [6.45, 7) is 0. The van der Waals surface area contributed by atoms with Crippen molar-refractivity contribution < 1.29 is 32.0 Å². The van der Waals surface area contributed by atoms with E-state index in [-0.39, 0.29) is 10.9 Å². The van der Waals surface area contributed by atoms with Crippen molar-refractivity contribution in [3.63, 3.8) is 0 Å². The fourth-order valence-electron chi connectivity index (χ4n) is 4.87. The van der Waals surface area contributed by atoms with E-state index < -0.39 is 34.2 Å². The van der Waals surface area contributed by atoms with Gasteiger partial charge >= 0.3 is 6.36 Å². The normalized spacial score (nSPS) is 22.7. The highest BCUT2D eigenvalue weighted by Gasteiger charge is 2.40. The van der Waals surface area contributed by atoms with Crippen molar-refractivity contribution >= 4 is 21.3 Å². The van der Waals surface area contributed by atoms with Crippen LogP contribution in [0.1, 0.15) is 19.3 Å². The first-order valence-corrected chi connectivity index (χ1v) is 13.3. The molecule has 2 N–H and O–H groups in total. The minimum atomic E-state index is -4.83. The van der Waals surface area contributed by atoms with Gasteiger partial charge in [-0.2, -0.15) is 0 Å². The van der Waals surface area contributed by atoms with Crippen molar-refractivity contribution in [2.24, 2.45) is 4.36 Å². The molecule has 7 nitrogen and oxygen atoms in total. The van der Waals surface area contributed by atoms with Gasteiger partial charge in [-0.1, -0.05) is 24.3 Å². The zero-order chi connectivity index (χ0) is 26.2. The van der Waals surface area contributed by atoms with Crippen molar-refractivity contribution in [3.05, 3.63) is 72.8 Å². The number of anilines is 2. The third-order valence-corrected chi connectivity index (χ3v) is 8.56. The highest BCUT2D eigenvalue weighted by molar-refractivity contribution is 7.91. The second-order valence-electron chi connectivity index (χ2n) is 8.82. The number of halogens is 3. The van der Waals surface area contributed by atoms with Crippen molar-refractivity contribution in [1.82, 2.24) is 4.72 Å². The van der Waals surface area contributed by atoms with Gasteiger partial charge in [0.15, 0.2) is 11.5 Å². The van der Waals surface area contributed by atoms with Gasteiger partial charge in [0.2, 0.25) is 0 Å². The molecular weight excluding hydrogens is 507 g/mol. The Morgan fingerprint density at radius 1 is 1.00 bits per heavy atom. The lowest BCUT2D eigenvalue weighted by Crippen LogP contribution is -2.50. The molecule has 1 fully saturated rings. The van der Waals surface area contributed by atoms with Crippen LogP contribution in [0.5, 0.6) is 17.2 Å². The summed E-state index contributed by atoms with van der Waals surface area (Å²) in [6.07, 6.45) is -3.86.